The molecule has 0 aromatic carbocycles. The molecular formula is C17H17N3O3. The second kappa shape index (κ2) is 5.46. The monoisotopic (exact) mass is 311 g/mol. The van der Waals surface area contributed by atoms with E-state index in [1.165, 1.54) is 0 Å². The van der Waals surface area contributed by atoms with Crippen LogP contribution in [0, 0.1) is 5.92 Å². The molecule has 6 nitrogen and oxygen atoms in total. The van der Waals surface area contributed by atoms with Gasteiger partial charge in [-0.2, -0.15) is 0 Å². The van der Waals surface area contributed by atoms with E-state index in [-0.39, 0.29) is 5.92 Å². The van der Waals surface area contributed by atoms with Crippen LogP contribution in [0.5, 0.6) is 0 Å². The minimum atomic E-state index is -0.710. The maximum atomic E-state index is 11.2. The van der Waals surface area contributed by atoms with Gasteiger partial charge < -0.3 is 18.8 Å². The molecule has 0 bridgehead atoms. The number of carboxylic acids is 1. The Labute approximate surface area is 133 Å². The van der Waals surface area contributed by atoms with Crippen molar-refractivity contribution >= 4 is 17.3 Å². The van der Waals surface area contributed by atoms with Crippen molar-refractivity contribution in [3.05, 3.63) is 42.9 Å². The summed E-state index contributed by atoms with van der Waals surface area (Å²) in [6.07, 6.45) is 7.21. The van der Waals surface area contributed by atoms with Crippen LogP contribution in [-0.4, -0.2) is 33.6 Å². The standard InChI is InChI=1S/C17H17N3O3/c21-17(22)12-3-1-7-19(9-12)13-5-6-16-18-14(11-20(16)10-13)15-4-2-8-23-15/h2,4-6,8,10-12H,1,3,7,9H2,(H,21,22). The van der Waals surface area contributed by atoms with Crippen LogP contribution in [0.4, 0.5) is 5.69 Å². The number of aliphatic carboxylic acids is 1. The molecule has 118 valence electrons. The summed E-state index contributed by atoms with van der Waals surface area (Å²) in [5.41, 5.74) is 2.65. The highest BCUT2D eigenvalue weighted by Crippen LogP contribution is 2.25. The molecule has 1 aliphatic rings. The van der Waals surface area contributed by atoms with Crippen molar-refractivity contribution in [2.24, 2.45) is 5.92 Å². The minimum Gasteiger partial charge on any atom is -0.481 e. The zero-order valence-corrected chi connectivity index (χ0v) is 12.6. The topological polar surface area (TPSA) is 71.0 Å². The van der Waals surface area contributed by atoms with Crippen LogP contribution < -0.4 is 4.90 Å². The molecule has 6 heteroatoms. The summed E-state index contributed by atoms with van der Waals surface area (Å²) in [6.45, 7) is 1.44. The van der Waals surface area contributed by atoms with Crippen molar-refractivity contribution in [2.45, 2.75) is 12.8 Å². The molecule has 1 atom stereocenters. The smallest absolute Gasteiger partial charge is 0.308 e. The molecule has 0 amide bonds. The third-order valence-electron chi connectivity index (χ3n) is 4.34. The number of hydrogen-bond donors (Lipinski definition) is 1. The van der Waals surface area contributed by atoms with Gasteiger partial charge in [-0.1, -0.05) is 0 Å². The van der Waals surface area contributed by atoms with Gasteiger partial charge in [-0.15, -0.1) is 0 Å². The number of piperidine rings is 1. The number of nitrogens with zero attached hydrogens (tertiary/aromatic N) is 3. The van der Waals surface area contributed by atoms with Crippen LogP contribution in [0.25, 0.3) is 17.1 Å². The highest BCUT2D eigenvalue weighted by atomic mass is 16.4. The Morgan fingerprint density at radius 3 is 3.00 bits per heavy atom. The van der Waals surface area contributed by atoms with Crippen LogP contribution in [0.1, 0.15) is 12.8 Å². The van der Waals surface area contributed by atoms with E-state index >= 15 is 0 Å². The van der Waals surface area contributed by atoms with Gasteiger partial charge in [0.15, 0.2) is 5.76 Å². The van der Waals surface area contributed by atoms with Gasteiger partial charge in [0.05, 0.1) is 17.9 Å². The molecule has 1 fully saturated rings. The number of rotatable bonds is 3. The predicted molar refractivity (Wildman–Crippen MR) is 85.5 cm³/mol. The van der Waals surface area contributed by atoms with Crippen LogP contribution in [-0.2, 0) is 4.79 Å². The Balaban J connectivity index is 1.65. The van der Waals surface area contributed by atoms with E-state index in [1.807, 2.05) is 41.1 Å². The number of hydrogen-bond acceptors (Lipinski definition) is 4. The SMILES string of the molecule is O=C(O)C1CCCN(c2ccc3nc(-c4ccco4)cn3c2)C1. The van der Waals surface area contributed by atoms with Gasteiger partial charge in [-0.05, 0) is 37.1 Å². The highest BCUT2D eigenvalue weighted by molar-refractivity contribution is 5.71. The lowest BCUT2D eigenvalue weighted by molar-refractivity contribution is -0.141. The molecule has 23 heavy (non-hydrogen) atoms. The fraction of sp³-hybridized carbons (Fsp3) is 0.294. The van der Waals surface area contributed by atoms with Gasteiger partial charge in [0.1, 0.15) is 11.3 Å². The third-order valence-corrected chi connectivity index (χ3v) is 4.34. The third kappa shape index (κ3) is 2.56. The number of furan rings is 1. The number of aromatic nitrogens is 2. The van der Waals surface area contributed by atoms with Gasteiger partial charge >= 0.3 is 5.97 Å². The van der Waals surface area contributed by atoms with Crippen molar-refractivity contribution in [1.82, 2.24) is 9.38 Å². The highest BCUT2D eigenvalue weighted by Gasteiger charge is 2.25. The number of anilines is 1. The van der Waals surface area contributed by atoms with Crippen molar-refractivity contribution < 1.29 is 14.3 Å². The molecule has 1 aliphatic heterocycles. The second-order valence-corrected chi connectivity index (χ2v) is 5.88. The average molecular weight is 311 g/mol. The first-order valence-electron chi connectivity index (χ1n) is 7.71. The van der Waals surface area contributed by atoms with E-state index in [2.05, 4.69) is 9.88 Å². The van der Waals surface area contributed by atoms with E-state index < -0.39 is 5.97 Å². The van der Waals surface area contributed by atoms with Crippen molar-refractivity contribution in [1.29, 1.82) is 0 Å². The molecule has 3 aromatic rings. The largest absolute Gasteiger partial charge is 0.481 e. The molecular weight excluding hydrogens is 294 g/mol. The summed E-state index contributed by atoms with van der Waals surface area (Å²) in [4.78, 5) is 17.9. The minimum absolute atomic E-state index is 0.291. The first kappa shape index (κ1) is 13.9. The lowest BCUT2D eigenvalue weighted by atomic mass is 9.98. The average Bonchev–Trinajstić information content (AvgIpc) is 3.23. The van der Waals surface area contributed by atoms with E-state index in [0.717, 1.165) is 42.2 Å². The van der Waals surface area contributed by atoms with Crippen LogP contribution in [0.15, 0.2) is 47.3 Å². The molecule has 3 aromatic heterocycles. The quantitative estimate of drug-likeness (QED) is 0.805. The van der Waals surface area contributed by atoms with Gasteiger partial charge in [-0.3, -0.25) is 4.79 Å². The Morgan fingerprint density at radius 1 is 1.30 bits per heavy atom. The maximum absolute atomic E-state index is 11.2. The van der Waals surface area contributed by atoms with Gasteiger partial charge in [0.25, 0.3) is 0 Å². The molecule has 4 rings (SSSR count). The molecule has 0 aliphatic carbocycles. The summed E-state index contributed by atoms with van der Waals surface area (Å²) < 4.78 is 7.34. The van der Waals surface area contributed by atoms with E-state index in [4.69, 9.17) is 4.42 Å². The fourth-order valence-electron chi connectivity index (χ4n) is 3.12. The van der Waals surface area contributed by atoms with Gasteiger partial charge in [-0.25, -0.2) is 4.98 Å². The zero-order chi connectivity index (χ0) is 15.8. The normalized spacial score (nSPS) is 18.4. The van der Waals surface area contributed by atoms with E-state index in [1.54, 1.807) is 6.26 Å². The predicted octanol–water partition coefficient (Wildman–Crippen LogP) is 2.90. The van der Waals surface area contributed by atoms with Crippen molar-refractivity contribution in [2.75, 3.05) is 18.0 Å². The maximum Gasteiger partial charge on any atom is 0.308 e. The number of carbonyl (C=O) groups is 1. The van der Waals surface area contributed by atoms with Crippen LogP contribution in [0.2, 0.25) is 0 Å². The Kier molecular flexibility index (Phi) is 3.29. The molecule has 0 spiro atoms. The Bertz CT molecular complexity index is 838. The van der Waals surface area contributed by atoms with Crippen LogP contribution >= 0.6 is 0 Å². The summed E-state index contributed by atoms with van der Waals surface area (Å²) in [7, 11) is 0. The summed E-state index contributed by atoms with van der Waals surface area (Å²) in [6, 6.07) is 7.67. The van der Waals surface area contributed by atoms with Crippen LogP contribution in [0.3, 0.4) is 0 Å². The van der Waals surface area contributed by atoms with E-state index in [0.29, 0.717) is 6.54 Å². The second-order valence-electron chi connectivity index (χ2n) is 5.88. The molecule has 4 heterocycles. The molecule has 1 saturated heterocycles. The first-order valence-corrected chi connectivity index (χ1v) is 7.71. The molecule has 0 saturated carbocycles. The molecule has 0 radical (unpaired) electrons. The molecule has 1 unspecified atom stereocenters. The lowest BCUT2D eigenvalue weighted by Gasteiger charge is -2.32. The summed E-state index contributed by atoms with van der Waals surface area (Å²) in [5, 5.41) is 9.23. The number of imidazole rings is 1. The van der Waals surface area contributed by atoms with Crippen molar-refractivity contribution in [3.8, 4) is 11.5 Å². The fourth-order valence-corrected chi connectivity index (χ4v) is 3.12. The lowest BCUT2D eigenvalue weighted by Crippen LogP contribution is -2.38. The Hall–Kier alpha value is -2.76. The van der Waals surface area contributed by atoms with Gasteiger partial charge in [0, 0.05) is 25.5 Å². The first-order chi connectivity index (χ1) is 11.2. The number of pyridine rings is 1. The summed E-state index contributed by atoms with van der Waals surface area (Å²) in [5.74, 6) is -0.265. The van der Waals surface area contributed by atoms with Gasteiger partial charge in [0.2, 0.25) is 0 Å². The summed E-state index contributed by atoms with van der Waals surface area (Å²) >= 11 is 0. The van der Waals surface area contributed by atoms with Crippen molar-refractivity contribution in [3.63, 3.8) is 0 Å². The molecule has 1 N–H and O–H groups in total. The number of carboxylic acid groups (broad SMARTS) is 1. The zero-order valence-electron chi connectivity index (χ0n) is 12.6. The Morgan fingerprint density at radius 2 is 2.22 bits per heavy atom. The van der Waals surface area contributed by atoms with E-state index in [9.17, 15) is 9.90 Å². The number of fused-ring (bicyclic) bond motifs is 1.